The fraction of sp³-hybridized carbons (Fsp3) is 0.562. The van der Waals surface area contributed by atoms with Gasteiger partial charge in [-0.15, -0.1) is 0 Å². The molecule has 2 rings (SSSR count). The van der Waals surface area contributed by atoms with Crippen LogP contribution in [-0.4, -0.2) is 41.6 Å². The smallest absolute Gasteiger partial charge is 0.163 e. The summed E-state index contributed by atoms with van der Waals surface area (Å²) in [6.45, 7) is 6.04. The average Bonchev–Trinajstić information content (AvgIpc) is 2.43. The molecule has 4 nitrogen and oxygen atoms in total. The van der Waals surface area contributed by atoms with Gasteiger partial charge in [0, 0.05) is 25.3 Å². The van der Waals surface area contributed by atoms with Gasteiger partial charge in [0.1, 0.15) is 11.6 Å². The Morgan fingerprint density at radius 2 is 2.29 bits per heavy atom. The van der Waals surface area contributed by atoms with E-state index in [-0.39, 0.29) is 23.2 Å². The minimum atomic E-state index is -0.494. The molecule has 1 aromatic rings. The quantitative estimate of drug-likeness (QED) is 0.849. The predicted molar refractivity (Wildman–Crippen MR) is 78.0 cm³/mol. The van der Waals surface area contributed by atoms with Crippen LogP contribution in [0.25, 0.3) is 0 Å². The van der Waals surface area contributed by atoms with Gasteiger partial charge >= 0.3 is 0 Å². The standard InChI is InChI=1S/C16H22FNO3/c1-3-21-14-5-4-6-18(10-14)9-12-7-13(17)8-15(11(2)19)16(12)20/h7-8,14,20H,3-6,9-10H2,1-2H3. The molecule has 0 aliphatic carbocycles. The second kappa shape index (κ2) is 7.00. The van der Waals surface area contributed by atoms with Crippen LogP contribution in [0, 0.1) is 5.82 Å². The number of halogens is 1. The molecule has 1 unspecified atom stereocenters. The summed E-state index contributed by atoms with van der Waals surface area (Å²) in [6, 6.07) is 2.38. The van der Waals surface area contributed by atoms with E-state index in [1.165, 1.54) is 13.0 Å². The topological polar surface area (TPSA) is 49.8 Å². The number of nitrogens with zero attached hydrogens (tertiary/aromatic N) is 1. The molecule has 0 aromatic heterocycles. The van der Waals surface area contributed by atoms with Crippen LogP contribution in [0.15, 0.2) is 12.1 Å². The number of Topliss-reactive ketones (excluding diaryl/α,β-unsaturated/α-hetero) is 1. The van der Waals surface area contributed by atoms with Gasteiger partial charge in [0.15, 0.2) is 5.78 Å². The van der Waals surface area contributed by atoms with Gasteiger partial charge in [-0.25, -0.2) is 4.39 Å². The Morgan fingerprint density at radius 3 is 2.95 bits per heavy atom. The molecule has 1 heterocycles. The monoisotopic (exact) mass is 295 g/mol. The lowest BCUT2D eigenvalue weighted by atomic mass is 10.0. The molecule has 116 valence electrons. The minimum absolute atomic E-state index is 0.0448. The fourth-order valence-corrected chi connectivity index (χ4v) is 2.81. The zero-order chi connectivity index (χ0) is 15.4. The Hall–Kier alpha value is -1.46. The first-order valence-corrected chi connectivity index (χ1v) is 7.37. The number of carbonyl (C=O) groups excluding carboxylic acids is 1. The molecule has 1 fully saturated rings. The van der Waals surface area contributed by atoms with Crippen LogP contribution in [0.4, 0.5) is 4.39 Å². The van der Waals surface area contributed by atoms with E-state index < -0.39 is 5.82 Å². The first-order valence-electron chi connectivity index (χ1n) is 7.37. The average molecular weight is 295 g/mol. The highest BCUT2D eigenvalue weighted by molar-refractivity contribution is 5.97. The Labute approximate surface area is 124 Å². The number of hydrogen-bond acceptors (Lipinski definition) is 4. The van der Waals surface area contributed by atoms with Crippen LogP contribution < -0.4 is 0 Å². The van der Waals surface area contributed by atoms with E-state index in [2.05, 4.69) is 4.90 Å². The van der Waals surface area contributed by atoms with Gasteiger partial charge in [-0.2, -0.15) is 0 Å². The van der Waals surface area contributed by atoms with Crippen molar-refractivity contribution < 1.29 is 19.0 Å². The third-order valence-corrected chi connectivity index (χ3v) is 3.79. The summed E-state index contributed by atoms with van der Waals surface area (Å²) in [5, 5.41) is 10.1. The number of likely N-dealkylation sites (tertiary alicyclic amines) is 1. The Morgan fingerprint density at radius 1 is 1.52 bits per heavy atom. The van der Waals surface area contributed by atoms with E-state index in [4.69, 9.17) is 4.74 Å². The molecule has 1 aromatic carbocycles. The van der Waals surface area contributed by atoms with Crippen molar-refractivity contribution in [3.05, 3.63) is 29.1 Å². The number of hydrogen-bond donors (Lipinski definition) is 1. The van der Waals surface area contributed by atoms with E-state index in [9.17, 15) is 14.3 Å². The number of carbonyl (C=O) groups is 1. The summed E-state index contributed by atoms with van der Waals surface area (Å²) in [6.07, 6.45) is 2.23. The number of phenolic OH excluding ortho intramolecular Hbond substituents is 1. The molecule has 0 spiro atoms. The number of aromatic hydroxyl groups is 1. The zero-order valence-electron chi connectivity index (χ0n) is 12.6. The maximum absolute atomic E-state index is 13.6. The molecule has 0 amide bonds. The predicted octanol–water partition coefficient (Wildman–Crippen LogP) is 2.73. The number of benzene rings is 1. The van der Waals surface area contributed by atoms with Crippen molar-refractivity contribution in [3.8, 4) is 5.75 Å². The summed E-state index contributed by atoms with van der Waals surface area (Å²) < 4.78 is 19.2. The van der Waals surface area contributed by atoms with E-state index in [1.807, 2.05) is 6.92 Å². The van der Waals surface area contributed by atoms with E-state index >= 15 is 0 Å². The van der Waals surface area contributed by atoms with Crippen LogP contribution in [-0.2, 0) is 11.3 Å². The van der Waals surface area contributed by atoms with E-state index in [0.717, 1.165) is 32.0 Å². The van der Waals surface area contributed by atoms with Crippen LogP contribution in [0.2, 0.25) is 0 Å². The van der Waals surface area contributed by atoms with Crippen molar-refractivity contribution in [1.82, 2.24) is 4.90 Å². The molecule has 1 saturated heterocycles. The van der Waals surface area contributed by atoms with Crippen molar-refractivity contribution >= 4 is 5.78 Å². The minimum Gasteiger partial charge on any atom is -0.507 e. The molecule has 0 radical (unpaired) electrons. The number of piperidine rings is 1. The first kappa shape index (κ1) is 15.9. The lowest BCUT2D eigenvalue weighted by Crippen LogP contribution is -2.39. The highest BCUT2D eigenvalue weighted by atomic mass is 19.1. The molecular formula is C16H22FNO3. The Kier molecular flexibility index (Phi) is 5.31. The van der Waals surface area contributed by atoms with Gasteiger partial charge in [-0.1, -0.05) is 0 Å². The fourth-order valence-electron chi connectivity index (χ4n) is 2.81. The lowest BCUT2D eigenvalue weighted by Gasteiger charge is -2.32. The molecular weight excluding hydrogens is 273 g/mol. The number of rotatable bonds is 5. The van der Waals surface area contributed by atoms with Gasteiger partial charge in [0.25, 0.3) is 0 Å². The third-order valence-electron chi connectivity index (χ3n) is 3.79. The van der Waals surface area contributed by atoms with Crippen LogP contribution >= 0.6 is 0 Å². The number of phenols is 1. The largest absolute Gasteiger partial charge is 0.507 e. The maximum Gasteiger partial charge on any atom is 0.163 e. The van der Waals surface area contributed by atoms with Gasteiger partial charge in [0.2, 0.25) is 0 Å². The van der Waals surface area contributed by atoms with Crippen molar-refractivity contribution in [2.24, 2.45) is 0 Å². The maximum atomic E-state index is 13.6. The highest BCUT2D eigenvalue weighted by Crippen LogP contribution is 2.27. The van der Waals surface area contributed by atoms with E-state index in [1.54, 1.807) is 0 Å². The Bertz CT molecular complexity index is 516. The summed E-state index contributed by atoms with van der Waals surface area (Å²) in [4.78, 5) is 13.6. The zero-order valence-corrected chi connectivity index (χ0v) is 12.6. The SMILES string of the molecule is CCOC1CCCN(Cc2cc(F)cc(C(C)=O)c2O)C1. The second-order valence-electron chi connectivity index (χ2n) is 5.47. The molecule has 1 aliphatic heterocycles. The summed E-state index contributed by atoms with van der Waals surface area (Å²) in [5.74, 6) is -0.937. The van der Waals surface area contributed by atoms with Gasteiger partial charge in [-0.3, -0.25) is 9.69 Å². The van der Waals surface area contributed by atoms with Gasteiger partial charge < -0.3 is 9.84 Å². The van der Waals surface area contributed by atoms with Crippen LogP contribution in [0.3, 0.4) is 0 Å². The Balaban J connectivity index is 2.13. The molecule has 1 aliphatic rings. The summed E-state index contributed by atoms with van der Waals surface area (Å²) in [5.41, 5.74) is 0.501. The summed E-state index contributed by atoms with van der Waals surface area (Å²) in [7, 11) is 0. The van der Waals surface area contributed by atoms with Crippen molar-refractivity contribution in [2.75, 3.05) is 19.7 Å². The van der Waals surface area contributed by atoms with E-state index in [0.29, 0.717) is 18.7 Å². The van der Waals surface area contributed by atoms with Crippen LogP contribution in [0.1, 0.15) is 42.6 Å². The van der Waals surface area contributed by atoms with Gasteiger partial charge in [0.05, 0.1) is 11.7 Å². The van der Waals surface area contributed by atoms with Gasteiger partial charge in [-0.05, 0) is 45.4 Å². The molecule has 1 atom stereocenters. The third kappa shape index (κ3) is 4.02. The normalized spacial score (nSPS) is 19.7. The second-order valence-corrected chi connectivity index (χ2v) is 5.47. The molecule has 0 bridgehead atoms. The van der Waals surface area contributed by atoms with Crippen molar-refractivity contribution in [3.63, 3.8) is 0 Å². The number of ether oxygens (including phenoxy) is 1. The lowest BCUT2D eigenvalue weighted by molar-refractivity contribution is 0.00343. The number of ketones is 1. The summed E-state index contributed by atoms with van der Waals surface area (Å²) >= 11 is 0. The highest BCUT2D eigenvalue weighted by Gasteiger charge is 2.22. The van der Waals surface area contributed by atoms with Crippen molar-refractivity contribution in [2.45, 2.75) is 39.3 Å². The molecule has 0 saturated carbocycles. The molecule has 1 N–H and O–H groups in total. The van der Waals surface area contributed by atoms with Crippen molar-refractivity contribution in [1.29, 1.82) is 0 Å². The molecule has 21 heavy (non-hydrogen) atoms. The molecule has 5 heteroatoms. The van der Waals surface area contributed by atoms with Crippen LogP contribution in [0.5, 0.6) is 5.75 Å². The first-order chi connectivity index (χ1) is 10.0.